The fourth-order valence-corrected chi connectivity index (χ4v) is 3.45. The number of hydrogen-bond acceptors (Lipinski definition) is 5. The minimum Gasteiger partial charge on any atom is -0.440 e. The Balaban J connectivity index is 1.92. The molecular weight excluding hydrogens is 354 g/mol. The Kier molecular flexibility index (Phi) is 3.87. The Morgan fingerprint density at radius 1 is 1.31 bits per heavy atom. The molecule has 7 nitrogen and oxygen atoms in total. The number of fused-ring (bicyclic) bond motifs is 1. The first-order valence-electron chi connectivity index (χ1n) is 8.51. The Bertz CT molecular complexity index is 1160. The minimum atomic E-state index is -3.42. The van der Waals surface area contributed by atoms with E-state index in [1.54, 1.807) is 38.2 Å². The Morgan fingerprint density at radius 3 is 2.73 bits per heavy atom. The molecule has 0 radical (unpaired) electrons. The molecule has 0 bridgehead atoms. The third-order valence-corrected chi connectivity index (χ3v) is 5.79. The van der Waals surface area contributed by atoms with E-state index in [4.69, 9.17) is 4.42 Å². The summed E-state index contributed by atoms with van der Waals surface area (Å²) >= 11 is 0. The van der Waals surface area contributed by atoms with Crippen molar-refractivity contribution in [3.05, 3.63) is 46.2 Å². The van der Waals surface area contributed by atoms with Gasteiger partial charge in [0.2, 0.25) is 10.0 Å². The summed E-state index contributed by atoms with van der Waals surface area (Å²) in [5, 5.41) is 0. The van der Waals surface area contributed by atoms with Gasteiger partial charge < -0.3 is 9.40 Å². The topological polar surface area (TPSA) is 105 Å². The van der Waals surface area contributed by atoms with E-state index in [1.165, 1.54) is 0 Å². The molecule has 2 aromatic heterocycles. The van der Waals surface area contributed by atoms with Crippen molar-refractivity contribution >= 4 is 26.8 Å². The van der Waals surface area contributed by atoms with E-state index in [2.05, 4.69) is 14.7 Å². The summed E-state index contributed by atoms with van der Waals surface area (Å²) in [5.74, 6) is 0.992. The number of anilines is 1. The van der Waals surface area contributed by atoms with E-state index in [0.717, 1.165) is 18.4 Å². The number of aromatic nitrogens is 2. The Labute approximate surface area is 150 Å². The van der Waals surface area contributed by atoms with E-state index in [9.17, 15) is 13.2 Å². The number of aryl methyl sites for hydroxylation is 1. The molecule has 2 N–H and O–H groups in total. The molecule has 0 saturated heterocycles. The van der Waals surface area contributed by atoms with Crippen molar-refractivity contribution in [1.29, 1.82) is 0 Å². The summed E-state index contributed by atoms with van der Waals surface area (Å²) in [7, 11) is -3.42. The fraction of sp³-hybridized carbons (Fsp3) is 0.333. The van der Waals surface area contributed by atoms with Crippen LogP contribution in [0.15, 0.2) is 33.6 Å². The van der Waals surface area contributed by atoms with Gasteiger partial charge in [-0.05, 0) is 44.9 Å². The maximum absolute atomic E-state index is 12.0. The molecule has 3 aromatic rings. The quantitative estimate of drug-likeness (QED) is 0.715. The molecule has 0 spiro atoms. The van der Waals surface area contributed by atoms with Crippen molar-refractivity contribution < 1.29 is 12.8 Å². The van der Waals surface area contributed by atoms with E-state index in [-0.39, 0.29) is 11.3 Å². The van der Waals surface area contributed by atoms with Crippen LogP contribution in [0.5, 0.6) is 0 Å². The lowest BCUT2D eigenvalue weighted by molar-refractivity contribution is 0.534. The first-order chi connectivity index (χ1) is 12.4. The van der Waals surface area contributed by atoms with Crippen LogP contribution in [0.4, 0.5) is 5.69 Å². The number of oxazole rings is 1. The zero-order valence-electron chi connectivity index (χ0n) is 14.5. The largest absolute Gasteiger partial charge is 0.440 e. The van der Waals surface area contributed by atoms with Gasteiger partial charge in [-0.2, -0.15) is 0 Å². The highest BCUT2D eigenvalue weighted by molar-refractivity contribution is 7.92. The molecule has 0 amide bonds. The van der Waals surface area contributed by atoms with E-state index < -0.39 is 10.0 Å². The third-order valence-electron chi connectivity index (χ3n) is 4.49. The minimum absolute atomic E-state index is 0.0235. The molecular formula is C18H19N3O4S. The highest BCUT2D eigenvalue weighted by atomic mass is 32.2. The van der Waals surface area contributed by atoms with Gasteiger partial charge in [0, 0.05) is 28.8 Å². The van der Waals surface area contributed by atoms with Crippen LogP contribution in [0.3, 0.4) is 0 Å². The number of nitrogens with zero attached hydrogens (tertiary/aromatic N) is 1. The Hall–Kier alpha value is -2.61. The molecule has 0 unspecified atom stereocenters. The summed E-state index contributed by atoms with van der Waals surface area (Å²) in [5.41, 5.74) is 3.45. The molecule has 1 aliphatic carbocycles. The van der Waals surface area contributed by atoms with Crippen molar-refractivity contribution in [1.82, 2.24) is 9.97 Å². The van der Waals surface area contributed by atoms with Gasteiger partial charge in [-0.1, -0.05) is 0 Å². The molecule has 4 rings (SSSR count). The predicted octanol–water partition coefficient (Wildman–Crippen LogP) is 3.13. The summed E-state index contributed by atoms with van der Waals surface area (Å²) in [6.45, 7) is 3.30. The van der Waals surface area contributed by atoms with Crippen LogP contribution in [0, 0.1) is 6.92 Å². The maximum atomic E-state index is 12.0. The molecule has 26 heavy (non-hydrogen) atoms. The van der Waals surface area contributed by atoms with Crippen LogP contribution < -0.4 is 10.3 Å². The van der Waals surface area contributed by atoms with Gasteiger partial charge in [0.15, 0.2) is 11.5 Å². The lowest BCUT2D eigenvalue weighted by Gasteiger charge is -2.09. The summed E-state index contributed by atoms with van der Waals surface area (Å²) in [6, 6.07) is 5.15. The molecule has 1 saturated carbocycles. The number of hydrogen-bond donors (Lipinski definition) is 2. The molecule has 1 fully saturated rings. The van der Waals surface area contributed by atoms with Gasteiger partial charge in [0.05, 0.1) is 11.4 Å². The number of benzene rings is 1. The highest BCUT2D eigenvalue weighted by Gasteiger charge is 2.29. The standard InChI is InChI=1S/C18H19N3O4S/c1-3-26(23,24)21-13-7-14(12-6-10(2)17(22)19-9-12)16-15(8-13)20-18(25-16)11-4-5-11/h6-9,11,21H,3-5H2,1-2H3,(H,19,22). The average Bonchev–Trinajstić information content (AvgIpc) is 3.36. The number of pyridine rings is 1. The number of nitrogens with one attached hydrogen (secondary N) is 2. The third kappa shape index (κ3) is 3.12. The second kappa shape index (κ2) is 5.98. The van der Waals surface area contributed by atoms with E-state index in [0.29, 0.717) is 39.7 Å². The van der Waals surface area contributed by atoms with Crippen molar-refractivity contribution in [3.8, 4) is 11.1 Å². The van der Waals surface area contributed by atoms with Crippen LogP contribution in [0.1, 0.15) is 37.1 Å². The second-order valence-electron chi connectivity index (χ2n) is 6.60. The molecule has 0 atom stereocenters. The molecule has 0 aliphatic heterocycles. The van der Waals surface area contributed by atoms with Gasteiger partial charge >= 0.3 is 0 Å². The van der Waals surface area contributed by atoms with Gasteiger partial charge in [0.1, 0.15) is 5.52 Å². The van der Waals surface area contributed by atoms with Gasteiger partial charge in [-0.25, -0.2) is 13.4 Å². The molecule has 2 heterocycles. The summed E-state index contributed by atoms with van der Waals surface area (Å²) < 4.78 is 32.5. The van der Waals surface area contributed by atoms with Crippen LogP contribution >= 0.6 is 0 Å². The SMILES string of the molecule is CCS(=O)(=O)Nc1cc(-c2c[nH]c(=O)c(C)c2)c2oc(C3CC3)nc2c1. The number of H-pyrrole nitrogens is 1. The van der Waals surface area contributed by atoms with Gasteiger partial charge in [-0.15, -0.1) is 0 Å². The summed E-state index contributed by atoms with van der Waals surface area (Å²) in [6.07, 6.45) is 3.70. The van der Waals surface area contributed by atoms with Crippen LogP contribution in [-0.2, 0) is 10.0 Å². The summed E-state index contributed by atoms with van der Waals surface area (Å²) in [4.78, 5) is 18.9. The maximum Gasteiger partial charge on any atom is 0.250 e. The zero-order valence-corrected chi connectivity index (χ0v) is 15.3. The smallest absolute Gasteiger partial charge is 0.250 e. The average molecular weight is 373 g/mol. The normalized spacial score (nSPS) is 14.7. The van der Waals surface area contributed by atoms with Gasteiger partial charge in [-0.3, -0.25) is 9.52 Å². The molecule has 1 aliphatic rings. The lowest BCUT2D eigenvalue weighted by atomic mass is 10.0. The lowest BCUT2D eigenvalue weighted by Crippen LogP contribution is -2.14. The van der Waals surface area contributed by atoms with Crippen molar-refractivity contribution in [2.45, 2.75) is 32.6 Å². The van der Waals surface area contributed by atoms with Crippen molar-refractivity contribution in [2.75, 3.05) is 10.5 Å². The van der Waals surface area contributed by atoms with E-state index in [1.807, 2.05) is 0 Å². The zero-order chi connectivity index (χ0) is 18.5. The second-order valence-corrected chi connectivity index (χ2v) is 8.62. The van der Waals surface area contributed by atoms with E-state index >= 15 is 0 Å². The van der Waals surface area contributed by atoms with Crippen LogP contribution in [-0.4, -0.2) is 24.1 Å². The highest BCUT2D eigenvalue weighted by Crippen LogP contribution is 2.42. The molecule has 136 valence electrons. The first-order valence-corrected chi connectivity index (χ1v) is 10.2. The molecule has 8 heteroatoms. The van der Waals surface area contributed by atoms with Crippen LogP contribution in [0.2, 0.25) is 0 Å². The predicted molar refractivity (Wildman–Crippen MR) is 99.9 cm³/mol. The van der Waals surface area contributed by atoms with Crippen molar-refractivity contribution in [3.63, 3.8) is 0 Å². The first kappa shape index (κ1) is 16.8. The van der Waals surface area contributed by atoms with Gasteiger partial charge in [0.25, 0.3) is 5.56 Å². The monoisotopic (exact) mass is 373 g/mol. The van der Waals surface area contributed by atoms with Crippen LogP contribution in [0.25, 0.3) is 22.2 Å². The fourth-order valence-electron chi connectivity index (χ4n) is 2.83. The number of sulfonamides is 1. The molecule has 1 aromatic carbocycles. The number of rotatable bonds is 5. The Morgan fingerprint density at radius 2 is 2.08 bits per heavy atom. The van der Waals surface area contributed by atoms with Crippen molar-refractivity contribution in [2.24, 2.45) is 0 Å². The number of aromatic amines is 1.